The minimum Gasteiger partial charge on any atom is -0.354 e. The molecule has 0 spiro atoms. The van der Waals surface area contributed by atoms with Crippen LogP contribution in [-0.2, 0) is 0 Å². The molecule has 7 heteroatoms. The molecule has 1 aromatic heterocycles. The molecular formula is C20H30N6O. The fraction of sp³-hybridized carbons (Fsp3) is 0.650. The van der Waals surface area contributed by atoms with Crippen LogP contribution in [-0.4, -0.2) is 73.2 Å². The number of hydrogen-bond donors (Lipinski definition) is 1. The smallest absolute Gasteiger partial charge is 0.317 e. The van der Waals surface area contributed by atoms with E-state index in [-0.39, 0.29) is 6.03 Å². The van der Waals surface area contributed by atoms with Gasteiger partial charge in [-0.1, -0.05) is 6.92 Å². The fourth-order valence-electron chi connectivity index (χ4n) is 3.91. The third kappa shape index (κ3) is 5.33. The molecule has 27 heavy (non-hydrogen) atoms. The first-order valence-electron chi connectivity index (χ1n) is 10.0. The van der Waals surface area contributed by atoms with E-state index in [0.29, 0.717) is 31.1 Å². The summed E-state index contributed by atoms with van der Waals surface area (Å²) in [7, 11) is 0. The number of rotatable bonds is 5. The third-order valence-corrected chi connectivity index (χ3v) is 5.36. The number of nitrogens with one attached hydrogen (secondary N) is 1. The number of nitrogens with zero attached hydrogens (tertiary/aromatic N) is 5. The van der Waals surface area contributed by atoms with E-state index in [9.17, 15) is 10.1 Å². The number of anilines is 1. The van der Waals surface area contributed by atoms with Crippen molar-refractivity contribution in [3.05, 3.63) is 23.9 Å². The molecule has 146 valence electrons. The van der Waals surface area contributed by atoms with Gasteiger partial charge >= 0.3 is 6.03 Å². The molecule has 2 aliphatic rings. The maximum atomic E-state index is 12.6. The van der Waals surface area contributed by atoms with Crippen molar-refractivity contribution in [3.63, 3.8) is 0 Å². The zero-order chi connectivity index (χ0) is 19.1. The molecule has 2 fully saturated rings. The molecule has 0 radical (unpaired) electrons. The summed E-state index contributed by atoms with van der Waals surface area (Å²) in [6, 6.07) is 5.80. The summed E-state index contributed by atoms with van der Waals surface area (Å²) < 4.78 is 0. The predicted octanol–water partition coefficient (Wildman–Crippen LogP) is 1.91. The van der Waals surface area contributed by atoms with E-state index in [1.165, 1.54) is 25.9 Å². The number of pyridine rings is 1. The van der Waals surface area contributed by atoms with E-state index in [0.717, 1.165) is 31.9 Å². The lowest BCUT2D eigenvalue weighted by molar-refractivity contribution is 0.197. The predicted molar refractivity (Wildman–Crippen MR) is 106 cm³/mol. The molecule has 0 saturated carbocycles. The minimum absolute atomic E-state index is 0.0200. The van der Waals surface area contributed by atoms with Gasteiger partial charge in [0.15, 0.2) is 0 Å². The number of carbonyl (C=O) groups is 1. The lowest BCUT2D eigenvalue weighted by Crippen LogP contribution is -2.44. The van der Waals surface area contributed by atoms with Crippen molar-refractivity contribution in [2.75, 3.05) is 57.3 Å². The first-order valence-corrected chi connectivity index (χ1v) is 10.0. The van der Waals surface area contributed by atoms with Crippen molar-refractivity contribution in [1.29, 1.82) is 5.26 Å². The molecule has 1 unspecified atom stereocenters. The molecule has 3 rings (SSSR count). The number of likely N-dealkylation sites (tertiary alicyclic amines) is 1. The Morgan fingerprint density at radius 2 is 2.04 bits per heavy atom. The van der Waals surface area contributed by atoms with Crippen LogP contribution in [0.2, 0.25) is 0 Å². The Kier molecular flexibility index (Phi) is 6.88. The van der Waals surface area contributed by atoms with E-state index in [4.69, 9.17) is 0 Å². The van der Waals surface area contributed by atoms with Crippen LogP contribution in [0.5, 0.6) is 0 Å². The fourth-order valence-corrected chi connectivity index (χ4v) is 3.91. The molecule has 2 aliphatic heterocycles. The largest absolute Gasteiger partial charge is 0.354 e. The SMILES string of the molecule is CC(CNC(=O)N1CCCN(c2ncccc2C#N)CC1)CN1CCCC1. The van der Waals surface area contributed by atoms with E-state index in [2.05, 4.69) is 33.1 Å². The molecule has 7 nitrogen and oxygen atoms in total. The first-order chi connectivity index (χ1) is 13.2. The summed E-state index contributed by atoms with van der Waals surface area (Å²) in [6.07, 6.45) is 5.19. The standard InChI is InChI=1S/C20H30N6O/c1-17(16-24-8-2-3-9-24)15-23-20(27)26-11-5-10-25(12-13-26)19-18(14-21)6-4-7-22-19/h4,6-7,17H,2-3,5,8-13,15-16H2,1H3,(H,23,27). The highest BCUT2D eigenvalue weighted by Crippen LogP contribution is 2.18. The Hall–Kier alpha value is -2.33. The maximum absolute atomic E-state index is 12.6. The van der Waals surface area contributed by atoms with Crippen molar-refractivity contribution in [2.45, 2.75) is 26.2 Å². The van der Waals surface area contributed by atoms with Crippen LogP contribution in [0, 0.1) is 17.2 Å². The van der Waals surface area contributed by atoms with E-state index < -0.39 is 0 Å². The maximum Gasteiger partial charge on any atom is 0.317 e. The first kappa shape index (κ1) is 19.4. The number of amides is 2. The molecule has 1 atom stereocenters. The van der Waals surface area contributed by atoms with Crippen molar-refractivity contribution in [1.82, 2.24) is 20.1 Å². The Labute approximate surface area is 161 Å². The zero-order valence-electron chi connectivity index (χ0n) is 16.2. The van der Waals surface area contributed by atoms with Crippen LogP contribution in [0.15, 0.2) is 18.3 Å². The number of hydrogen-bond acceptors (Lipinski definition) is 5. The van der Waals surface area contributed by atoms with Gasteiger partial charge in [-0.05, 0) is 50.4 Å². The van der Waals surface area contributed by atoms with Crippen LogP contribution in [0.3, 0.4) is 0 Å². The Balaban J connectivity index is 1.47. The van der Waals surface area contributed by atoms with Crippen molar-refractivity contribution < 1.29 is 4.79 Å². The number of aromatic nitrogens is 1. The van der Waals surface area contributed by atoms with Gasteiger partial charge in [-0.3, -0.25) is 0 Å². The third-order valence-electron chi connectivity index (χ3n) is 5.36. The molecular weight excluding hydrogens is 340 g/mol. The summed E-state index contributed by atoms with van der Waals surface area (Å²) in [6.45, 7) is 9.25. The average Bonchev–Trinajstić information content (AvgIpc) is 3.07. The summed E-state index contributed by atoms with van der Waals surface area (Å²) in [5, 5.41) is 12.4. The second-order valence-corrected chi connectivity index (χ2v) is 7.61. The second kappa shape index (κ2) is 9.56. The normalized spacial score (nSPS) is 19.4. The van der Waals surface area contributed by atoms with Gasteiger partial charge in [0.2, 0.25) is 0 Å². The molecule has 3 heterocycles. The van der Waals surface area contributed by atoms with Crippen LogP contribution in [0.1, 0.15) is 31.7 Å². The highest BCUT2D eigenvalue weighted by molar-refractivity contribution is 5.74. The summed E-state index contributed by atoms with van der Waals surface area (Å²) in [5.74, 6) is 1.18. The molecule has 0 aliphatic carbocycles. The second-order valence-electron chi connectivity index (χ2n) is 7.61. The van der Waals surface area contributed by atoms with Crippen molar-refractivity contribution in [2.24, 2.45) is 5.92 Å². The Bertz CT molecular complexity index is 667. The zero-order valence-corrected chi connectivity index (χ0v) is 16.2. The van der Waals surface area contributed by atoms with Gasteiger partial charge in [0.1, 0.15) is 11.9 Å². The number of carbonyl (C=O) groups excluding carboxylic acids is 1. The lowest BCUT2D eigenvalue weighted by Gasteiger charge is -2.25. The van der Waals surface area contributed by atoms with Gasteiger partial charge < -0.3 is 20.0 Å². The van der Waals surface area contributed by atoms with Crippen molar-refractivity contribution in [3.8, 4) is 6.07 Å². The van der Waals surface area contributed by atoms with Crippen LogP contribution in [0.4, 0.5) is 10.6 Å². The summed E-state index contributed by atoms with van der Waals surface area (Å²) in [5.41, 5.74) is 0.589. The molecule has 0 aromatic carbocycles. The number of nitriles is 1. The van der Waals surface area contributed by atoms with E-state index in [1.807, 2.05) is 4.90 Å². The van der Waals surface area contributed by atoms with Gasteiger partial charge in [0.05, 0.1) is 5.56 Å². The van der Waals surface area contributed by atoms with Gasteiger partial charge in [0.25, 0.3) is 0 Å². The van der Waals surface area contributed by atoms with E-state index in [1.54, 1.807) is 18.3 Å². The van der Waals surface area contributed by atoms with Crippen molar-refractivity contribution >= 4 is 11.8 Å². The molecule has 2 amide bonds. The topological polar surface area (TPSA) is 75.5 Å². The Morgan fingerprint density at radius 3 is 2.81 bits per heavy atom. The Morgan fingerprint density at radius 1 is 1.22 bits per heavy atom. The number of urea groups is 1. The quantitative estimate of drug-likeness (QED) is 0.857. The highest BCUT2D eigenvalue weighted by Gasteiger charge is 2.22. The van der Waals surface area contributed by atoms with Gasteiger partial charge in [0, 0.05) is 45.5 Å². The van der Waals surface area contributed by atoms with Crippen LogP contribution in [0.25, 0.3) is 0 Å². The van der Waals surface area contributed by atoms with Crippen LogP contribution < -0.4 is 10.2 Å². The van der Waals surface area contributed by atoms with E-state index >= 15 is 0 Å². The lowest BCUT2D eigenvalue weighted by atomic mass is 10.1. The average molecular weight is 371 g/mol. The molecule has 1 aromatic rings. The van der Waals surface area contributed by atoms with Gasteiger partial charge in [-0.25, -0.2) is 9.78 Å². The molecule has 2 saturated heterocycles. The van der Waals surface area contributed by atoms with Gasteiger partial charge in [-0.2, -0.15) is 5.26 Å². The van der Waals surface area contributed by atoms with Crippen LogP contribution >= 0.6 is 0 Å². The highest BCUT2D eigenvalue weighted by atomic mass is 16.2. The minimum atomic E-state index is 0.0200. The summed E-state index contributed by atoms with van der Waals surface area (Å²) >= 11 is 0. The monoisotopic (exact) mass is 370 g/mol. The van der Waals surface area contributed by atoms with Gasteiger partial charge in [-0.15, -0.1) is 0 Å². The molecule has 0 bridgehead atoms. The summed E-state index contributed by atoms with van der Waals surface area (Å²) in [4.78, 5) is 23.4. The molecule has 1 N–H and O–H groups in total.